The smallest absolute Gasteiger partial charge is 0.275 e. The topological polar surface area (TPSA) is 93.7 Å². The summed E-state index contributed by atoms with van der Waals surface area (Å²) in [6, 6.07) is 12.6. The number of rotatable bonds is 4. The van der Waals surface area contributed by atoms with E-state index >= 15 is 0 Å². The van der Waals surface area contributed by atoms with Gasteiger partial charge in [0.1, 0.15) is 29.1 Å². The molecule has 2 aliphatic heterocycles. The summed E-state index contributed by atoms with van der Waals surface area (Å²) >= 11 is 6.62. The molecule has 37 heavy (non-hydrogen) atoms. The molecule has 4 heterocycles. The molecule has 0 unspecified atom stereocenters. The minimum Gasteiger partial charge on any atom is -0.489 e. The molecule has 7 rings (SSSR count). The molecule has 0 bridgehead atoms. The monoisotopic (exact) mass is 517 g/mol. The standard InChI is InChI=1S/C27H24ClN5O4/c1-31-19-12-21-18(29-25(37-21)16-7-8-16)11-22(19)36-14-20(26(31)34)32-10-9-17-23(27(32)35)30-33(24(17)28)13-15-5-3-2-4-6-15/h2-6,11-12,16,20H,7-10,13-14H2,1H3/t20-/m0/s1. The van der Waals surface area contributed by atoms with Crippen LogP contribution in [0.15, 0.2) is 46.9 Å². The number of halogens is 1. The van der Waals surface area contributed by atoms with Gasteiger partial charge in [0.15, 0.2) is 17.2 Å². The van der Waals surface area contributed by atoms with Crippen molar-refractivity contribution in [1.82, 2.24) is 19.7 Å². The van der Waals surface area contributed by atoms with E-state index in [9.17, 15) is 9.59 Å². The van der Waals surface area contributed by atoms with Crippen LogP contribution in [-0.4, -0.2) is 57.7 Å². The Bertz CT molecular complexity index is 1560. The van der Waals surface area contributed by atoms with Gasteiger partial charge in [-0.05, 0) is 24.8 Å². The number of carbonyl (C=O) groups is 2. The first-order valence-corrected chi connectivity index (χ1v) is 12.8. The second kappa shape index (κ2) is 8.34. The van der Waals surface area contributed by atoms with Crippen molar-refractivity contribution in [2.24, 2.45) is 0 Å². The molecule has 2 aromatic carbocycles. The molecule has 1 aliphatic carbocycles. The Morgan fingerprint density at radius 1 is 1.14 bits per heavy atom. The van der Waals surface area contributed by atoms with E-state index in [2.05, 4.69) is 10.1 Å². The zero-order valence-corrected chi connectivity index (χ0v) is 20.9. The zero-order chi connectivity index (χ0) is 25.3. The highest BCUT2D eigenvalue weighted by molar-refractivity contribution is 6.31. The Balaban J connectivity index is 1.16. The molecule has 2 amide bonds. The fourth-order valence-electron chi connectivity index (χ4n) is 5.15. The Morgan fingerprint density at radius 2 is 1.95 bits per heavy atom. The number of likely N-dealkylation sites (N-methyl/N-ethyl adjacent to an activating group) is 1. The third-order valence-electron chi connectivity index (χ3n) is 7.39. The Kier molecular flexibility index (Phi) is 5.04. The fraction of sp³-hybridized carbons (Fsp3) is 0.333. The van der Waals surface area contributed by atoms with E-state index in [1.165, 1.54) is 4.90 Å². The molecule has 188 valence electrons. The molecule has 1 atom stereocenters. The van der Waals surface area contributed by atoms with Crippen molar-refractivity contribution in [1.29, 1.82) is 0 Å². The fourth-order valence-corrected chi connectivity index (χ4v) is 5.43. The van der Waals surface area contributed by atoms with Crippen molar-refractivity contribution >= 4 is 40.2 Å². The highest BCUT2D eigenvalue weighted by Crippen LogP contribution is 2.43. The summed E-state index contributed by atoms with van der Waals surface area (Å²) in [7, 11) is 1.69. The molecule has 0 saturated heterocycles. The molecular weight excluding hydrogens is 494 g/mol. The van der Waals surface area contributed by atoms with Gasteiger partial charge >= 0.3 is 0 Å². The van der Waals surface area contributed by atoms with E-state index in [-0.39, 0.29) is 18.4 Å². The highest BCUT2D eigenvalue weighted by Gasteiger charge is 2.41. The van der Waals surface area contributed by atoms with Crippen LogP contribution in [0.5, 0.6) is 5.75 Å². The molecule has 4 aromatic rings. The second-order valence-corrected chi connectivity index (χ2v) is 10.2. The predicted octanol–water partition coefficient (Wildman–Crippen LogP) is 4.03. The lowest BCUT2D eigenvalue weighted by molar-refractivity contribution is -0.123. The molecule has 2 aromatic heterocycles. The average molecular weight is 518 g/mol. The van der Waals surface area contributed by atoms with Gasteiger partial charge in [0, 0.05) is 37.2 Å². The Labute approximate surface area is 217 Å². The number of amides is 2. The second-order valence-electron chi connectivity index (χ2n) is 9.85. The first-order chi connectivity index (χ1) is 18.0. The maximum Gasteiger partial charge on any atom is 0.275 e. The van der Waals surface area contributed by atoms with Crippen molar-refractivity contribution in [3.8, 4) is 5.75 Å². The number of nitrogens with zero attached hydrogens (tertiary/aromatic N) is 5. The number of hydrogen-bond acceptors (Lipinski definition) is 6. The van der Waals surface area contributed by atoms with Crippen LogP contribution in [0.3, 0.4) is 0 Å². The Hall–Kier alpha value is -3.85. The normalized spacial score (nSPS) is 19.6. The number of benzene rings is 2. The summed E-state index contributed by atoms with van der Waals surface area (Å²) in [5, 5.41) is 5.00. The molecular formula is C27H24ClN5O4. The van der Waals surface area contributed by atoms with Crippen LogP contribution in [0, 0.1) is 0 Å². The van der Waals surface area contributed by atoms with Crippen LogP contribution in [0.2, 0.25) is 5.15 Å². The maximum atomic E-state index is 13.6. The van der Waals surface area contributed by atoms with Crippen molar-refractivity contribution in [2.45, 2.75) is 37.8 Å². The minimum atomic E-state index is -0.794. The summed E-state index contributed by atoms with van der Waals surface area (Å²) in [6.45, 7) is 0.844. The number of carbonyl (C=O) groups excluding carboxylic acids is 2. The molecule has 0 spiro atoms. The summed E-state index contributed by atoms with van der Waals surface area (Å²) in [4.78, 5) is 34.9. The van der Waals surface area contributed by atoms with Gasteiger partial charge in [-0.2, -0.15) is 5.10 Å². The summed E-state index contributed by atoms with van der Waals surface area (Å²) in [6.07, 6.45) is 2.69. The predicted molar refractivity (Wildman–Crippen MR) is 136 cm³/mol. The third kappa shape index (κ3) is 3.68. The Morgan fingerprint density at radius 3 is 2.73 bits per heavy atom. The van der Waals surface area contributed by atoms with Crippen LogP contribution in [0.4, 0.5) is 5.69 Å². The van der Waals surface area contributed by atoms with Crippen molar-refractivity contribution in [2.75, 3.05) is 25.1 Å². The minimum absolute atomic E-state index is 0.0363. The van der Waals surface area contributed by atoms with Crippen LogP contribution in [0.1, 0.15) is 46.3 Å². The van der Waals surface area contributed by atoms with Gasteiger partial charge < -0.3 is 19.0 Å². The summed E-state index contributed by atoms with van der Waals surface area (Å²) in [5.74, 6) is 1.12. The van der Waals surface area contributed by atoms with E-state index in [0.29, 0.717) is 58.8 Å². The molecule has 9 nitrogen and oxygen atoms in total. The first-order valence-electron chi connectivity index (χ1n) is 12.4. The van der Waals surface area contributed by atoms with Crippen LogP contribution in [-0.2, 0) is 17.8 Å². The van der Waals surface area contributed by atoms with Crippen LogP contribution in [0.25, 0.3) is 11.1 Å². The van der Waals surface area contributed by atoms with Crippen LogP contribution >= 0.6 is 11.6 Å². The first kappa shape index (κ1) is 22.4. The largest absolute Gasteiger partial charge is 0.489 e. The summed E-state index contributed by atoms with van der Waals surface area (Å²) < 4.78 is 13.7. The quantitative estimate of drug-likeness (QED) is 0.406. The van der Waals surface area contributed by atoms with Gasteiger partial charge in [0.2, 0.25) is 0 Å². The number of oxazole rings is 1. The van der Waals surface area contributed by atoms with E-state index in [1.54, 1.807) is 22.7 Å². The van der Waals surface area contributed by atoms with Crippen molar-refractivity contribution in [3.05, 3.63) is 70.3 Å². The lowest BCUT2D eigenvalue weighted by Crippen LogP contribution is -2.54. The number of hydrogen-bond donors (Lipinski definition) is 0. The van der Waals surface area contributed by atoms with Gasteiger partial charge in [0.05, 0.1) is 12.2 Å². The van der Waals surface area contributed by atoms with E-state index in [4.69, 9.17) is 20.8 Å². The molecule has 3 aliphatic rings. The van der Waals surface area contributed by atoms with Gasteiger partial charge in [0.25, 0.3) is 11.8 Å². The van der Waals surface area contributed by atoms with Gasteiger partial charge in [-0.25, -0.2) is 9.67 Å². The van der Waals surface area contributed by atoms with Crippen molar-refractivity contribution in [3.63, 3.8) is 0 Å². The van der Waals surface area contributed by atoms with E-state index in [1.807, 2.05) is 36.4 Å². The van der Waals surface area contributed by atoms with E-state index < -0.39 is 6.04 Å². The van der Waals surface area contributed by atoms with Crippen LogP contribution < -0.4 is 9.64 Å². The van der Waals surface area contributed by atoms with Gasteiger partial charge in [-0.3, -0.25) is 9.59 Å². The molecule has 1 fully saturated rings. The molecule has 10 heteroatoms. The lowest BCUT2D eigenvalue weighted by atomic mass is 10.0. The van der Waals surface area contributed by atoms with Gasteiger partial charge in [-0.15, -0.1) is 0 Å². The lowest BCUT2D eigenvalue weighted by Gasteiger charge is -2.33. The maximum absolute atomic E-state index is 13.6. The third-order valence-corrected chi connectivity index (χ3v) is 7.81. The zero-order valence-electron chi connectivity index (χ0n) is 20.2. The number of ether oxygens (including phenoxy) is 1. The number of anilines is 1. The average Bonchev–Trinajstić information content (AvgIpc) is 3.62. The van der Waals surface area contributed by atoms with E-state index in [0.717, 1.165) is 29.9 Å². The number of aromatic nitrogens is 3. The SMILES string of the molecule is CN1C(=O)[C@@H](N2CCc3c(nn(Cc4ccccc4)c3Cl)C2=O)COc2cc3nc(C4CC4)oc3cc21. The highest BCUT2D eigenvalue weighted by atomic mass is 35.5. The van der Waals surface area contributed by atoms with Gasteiger partial charge in [-0.1, -0.05) is 41.9 Å². The molecule has 1 saturated carbocycles. The number of fused-ring (bicyclic) bond motifs is 3. The summed E-state index contributed by atoms with van der Waals surface area (Å²) in [5.41, 5.74) is 3.97. The molecule has 0 N–H and O–H groups in total. The van der Waals surface area contributed by atoms with Crippen molar-refractivity contribution < 1.29 is 18.7 Å². The molecule has 0 radical (unpaired) electrons.